The van der Waals surface area contributed by atoms with Crippen molar-refractivity contribution in [2.45, 2.75) is 45.3 Å². The van der Waals surface area contributed by atoms with E-state index in [4.69, 9.17) is 4.74 Å². The molecule has 19 heavy (non-hydrogen) atoms. The largest absolute Gasteiger partial charge is 0.372 e. The summed E-state index contributed by atoms with van der Waals surface area (Å²) in [4.78, 5) is 14.6. The first kappa shape index (κ1) is 14.1. The second-order valence-corrected chi connectivity index (χ2v) is 5.37. The normalized spacial score (nSPS) is 25.1. The monoisotopic (exact) mass is 261 g/mol. The highest BCUT2D eigenvalue weighted by Crippen LogP contribution is 2.24. The highest BCUT2D eigenvalue weighted by molar-refractivity contribution is 5.83. The molecule has 3 nitrogen and oxygen atoms in total. The molecule has 0 aliphatic carbocycles. The minimum atomic E-state index is -0.0290. The van der Waals surface area contributed by atoms with E-state index in [0.29, 0.717) is 13.1 Å². The molecule has 0 bridgehead atoms. The number of ether oxygens (including phenoxy) is 1. The molecule has 0 aromatic heterocycles. The van der Waals surface area contributed by atoms with E-state index >= 15 is 0 Å². The van der Waals surface area contributed by atoms with Gasteiger partial charge < -0.3 is 9.64 Å². The van der Waals surface area contributed by atoms with Crippen molar-refractivity contribution in [3.05, 3.63) is 35.9 Å². The van der Waals surface area contributed by atoms with Crippen LogP contribution in [0, 0.1) is 0 Å². The van der Waals surface area contributed by atoms with Gasteiger partial charge in [-0.1, -0.05) is 37.3 Å². The summed E-state index contributed by atoms with van der Waals surface area (Å²) in [6.07, 6.45) is 1.09. The average Bonchev–Trinajstić information content (AvgIpc) is 2.39. The topological polar surface area (TPSA) is 29.5 Å². The van der Waals surface area contributed by atoms with E-state index in [1.807, 2.05) is 49.1 Å². The van der Waals surface area contributed by atoms with Gasteiger partial charge >= 0.3 is 0 Å². The zero-order chi connectivity index (χ0) is 13.8. The Morgan fingerprint density at radius 3 is 2.37 bits per heavy atom. The van der Waals surface area contributed by atoms with Gasteiger partial charge in [-0.3, -0.25) is 4.79 Å². The Morgan fingerprint density at radius 2 is 1.84 bits per heavy atom. The highest BCUT2D eigenvalue weighted by Gasteiger charge is 2.30. The second kappa shape index (κ2) is 6.20. The zero-order valence-electron chi connectivity index (χ0n) is 12.0. The van der Waals surface area contributed by atoms with Crippen LogP contribution < -0.4 is 0 Å². The molecule has 2 rings (SSSR count). The Balaban J connectivity index is 2.13. The van der Waals surface area contributed by atoms with Gasteiger partial charge in [0.2, 0.25) is 5.91 Å². The van der Waals surface area contributed by atoms with Gasteiger partial charge in [0.05, 0.1) is 18.1 Å². The minimum Gasteiger partial charge on any atom is -0.372 e. The molecule has 1 aromatic rings. The van der Waals surface area contributed by atoms with Crippen LogP contribution in [0.1, 0.15) is 38.7 Å². The molecule has 1 aliphatic rings. The van der Waals surface area contributed by atoms with Crippen molar-refractivity contribution in [3.8, 4) is 0 Å². The first-order chi connectivity index (χ1) is 9.11. The lowest BCUT2D eigenvalue weighted by Gasteiger charge is -2.37. The van der Waals surface area contributed by atoms with Gasteiger partial charge in [0, 0.05) is 13.1 Å². The van der Waals surface area contributed by atoms with Crippen LogP contribution in [0.15, 0.2) is 30.3 Å². The molecule has 0 unspecified atom stereocenters. The maximum absolute atomic E-state index is 12.7. The predicted octanol–water partition coefficient (Wildman–Crippen LogP) is 2.82. The van der Waals surface area contributed by atoms with Crippen LogP contribution in [-0.2, 0) is 9.53 Å². The lowest BCUT2D eigenvalue weighted by Crippen LogP contribution is -2.49. The van der Waals surface area contributed by atoms with Crippen molar-refractivity contribution in [1.82, 2.24) is 4.90 Å². The van der Waals surface area contributed by atoms with Crippen LogP contribution >= 0.6 is 0 Å². The minimum absolute atomic E-state index is 0.0290. The van der Waals surface area contributed by atoms with Crippen LogP contribution in [0.25, 0.3) is 0 Å². The standard InChI is InChI=1S/C16H23NO2/c1-4-15(14-8-6-5-7-9-14)16(18)17-10-12(2)19-13(3)11-17/h5-9,12-13,15H,4,10-11H2,1-3H3/t12-,13-,15-/m1/s1. The fourth-order valence-corrected chi connectivity index (χ4v) is 2.82. The maximum atomic E-state index is 12.7. The smallest absolute Gasteiger partial charge is 0.230 e. The van der Waals surface area contributed by atoms with E-state index in [9.17, 15) is 4.79 Å². The molecule has 1 fully saturated rings. The van der Waals surface area contributed by atoms with Crippen molar-refractivity contribution in [2.24, 2.45) is 0 Å². The highest BCUT2D eigenvalue weighted by atomic mass is 16.5. The van der Waals surface area contributed by atoms with E-state index < -0.39 is 0 Å². The molecule has 0 N–H and O–H groups in total. The fraction of sp³-hybridized carbons (Fsp3) is 0.562. The first-order valence-corrected chi connectivity index (χ1v) is 7.11. The summed E-state index contributed by atoms with van der Waals surface area (Å²) in [6.45, 7) is 7.53. The van der Waals surface area contributed by atoms with Gasteiger partial charge in [-0.2, -0.15) is 0 Å². The average molecular weight is 261 g/mol. The molecule has 3 heteroatoms. The fourth-order valence-electron chi connectivity index (χ4n) is 2.82. The maximum Gasteiger partial charge on any atom is 0.230 e. The summed E-state index contributed by atoms with van der Waals surface area (Å²) >= 11 is 0. The van der Waals surface area contributed by atoms with Gasteiger partial charge in [-0.05, 0) is 25.8 Å². The van der Waals surface area contributed by atoms with Gasteiger partial charge in [0.1, 0.15) is 0 Å². The summed E-state index contributed by atoms with van der Waals surface area (Å²) in [5.41, 5.74) is 1.11. The molecule has 1 saturated heterocycles. The van der Waals surface area contributed by atoms with Crippen LogP contribution in [0.4, 0.5) is 0 Å². The third-order valence-electron chi connectivity index (χ3n) is 3.64. The number of benzene rings is 1. The molecule has 104 valence electrons. The van der Waals surface area contributed by atoms with Crippen molar-refractivity contribution in [1.29, 1.82) is 0 Å². The summed E-state index contributed by atoms with van der Waals surface area (Å²) < 4.78 is 5.69. The van der Waals surface area contributed by atoms with Crippen LogP contribution in [-0.4, -0.2) is 36.1 Å². The third-order valence-corrected chi connectivity index (χ3v) is 3.64. The lowest BCUT2D eigenvalue weighted by atomic mass is 9.94. The van der Waals surface area contributed by atoms with Gasteiger partial charge in [-0.15, -0.1) is 0 Å². The van der Waals surface area contributed by atoms with Crippen LogP contribution in [0.2, 0.25) is 0 Å². The second-order valence-electron chi connectivity index (χ2n) is 5.37. The van der Waals surface area contributed by atoms with Crippen LogP contribution in [0.5, 0.6) is 0 Å². The number of morpholine rings is 1. The Labute approximate surface area is 115 Å². The van der Waals surface area contributed by atoms with E-state index in [2.05, 4.69) is 6.92 Å². The molecule has 0 saturated carbocycles. The quantitative estimate of drug-likeness (QED) is 0.837. The Hall–Kier alpha value is -1.35. The van der Waals surface area contributed by atoms with E-state index in [1.54, 1.807) is 0 Å². The third kappa shape index (κ3) is 3.35. The number of hydrogen-bond donors (Lipinski definition) is 0. The van der Waals surface area contributed by atoms with Crippen molar-refractivity contribution in [3.63, 3.8) is 0 Å². The number of rotatable bonds is 3. The number of hydrogen-bond acceptors (Lipinski definition) is 2. The molecule has 1 aliphatic heterocycles. The SMILES string of the molecule is CC[C@@H](C(=O)N1C[C@@H](C)O[C@H](C)C1)c1ccccc1. The zero-order valence-corrected chi connectivity index (χ0v) is 12.0. The molecule has 1 amide bonds. The predicted molar refractivity (Wildman–Crippen MR) is 76.1 cm³/mol. The van der Waals surface area contributed by atoms with Crippen molar-refractivity contribution >= 4 is 5.91 Å². The number of carbonyl (C=O) groups is 1. The molecular formula is C16H23NO2. The summed E-state index contributed by atoms with van der Waals surface area (Å²) in [5, 5.41) is 0. The molecule has 1 aromatic carbocycles. The lowest BCUT2D eigenvalue weighted by molar-refractivity contribution is -0.144. The van der Waals surface area contributed by atoms with Crippen LogP contribution in [0.3, 0.4) is 0 Å². The molecular weight excluding hydrogens is 238 g/mol. The summed E-state index contributed by atoms with van der Waals surface area (Å²) in [7, 11) is 0. The van der Waals surface area contributed by atoms with Gasteiger partial charge in [0.15, 0.2) is 0 Å². The molecule has 1 heterocycles. The molecule has 0 spiro atoms. The van der Waals surface area contributed by atoms with E-state index in [1.165, 1.54) is 0 Å². The van der Waals surface area contributed by atoms with E-state index in [0.717, 1.165) is 12.0 Å². The number of amides is 1. The number of carbonyl (C=O) groups excluding carboxylic acids is 1. The summed E-state index contributed by atoms with van der Waals surface area (Å²) in [6, 6.07) is 10.1. The first-order valence-electron chi connectivity index (χ1n) is 7.11. The van der Waals surface area contributed by atoms with Gasteiger partial charge in [-0.25, -0.2) is 0 Å². The Morgan fingerprint density at radius 1 is 1.26 bits per heavy atom. The van der Waals surface area contributed by atoms with Gasteiger partial charge in [0.25, 0.3) is 0 Å². The van der Waals surface area contributed by atoms with Crippen molar-refractivity contribution in [2.75, 3.05) is 13.1 Å². The van der Waals surface area contributed by atoms with Crippen molar-refractivity contribution < 1.29 is 9.53 Å². The summed E-state index contributed by atoms with van der Waals surface area (Å²) in [5.74, 6) is 0.203. The van der Waals surface area contributed by atoms with E-state index in [-0.39, 0.29) is 24.0 Å². The number of nitrogens with zero attached hydrogens (tertiary/aromatic N) is 1. The molecule has 3 atom stereocenters. The molecule has 0 radical (unpaired) electrons. The Kier molecular flexibility index (Phi) is 4.59. The Bertz CT molecular complexity index is 408.